The van der Waals surface area contributed by atoms with Crippen molar-refractivity contribution in [3.8, 4) is 0 Å². The number of carboxylic acid groups (broad SMARTS) is 1. The normalized spacial score (nSPS) is 23.3. The van der Waals surface area contributed by atoms with E-state index in [1.54, 1.807) is 0 Å². The molecule has 4 nitrogen and oxygen atoms in total. The van der Waals surface area contributed by atoms with Gasteiger partial charge in [-0.3, -0.25) is 9.69 Å². The van der Waals surface area contributed by atoms with Gasteiger partial charge in [-0.1, -0.05) is 18.2 Å². The molecule has 20 heavy (non-hydrogen) atoms. The second-order valence-corrected chi connectivity index (χ2v) is 5.77. The molecule has 1 aromatic carbocycles. The van der Waals surface area contributed by atoms with E-state index >= 15 is 0 Å². The zero-order valence-corrected chi connectivity index (χ0v) is 11.7. The first kappa shape index (κ1) is 13.6. The highest BCUT2D eigenvalue weighted by atomic mass is 16.5. The molecular weight excluding hydrogens is 254 g/mol. The van der Waals surface area contributed by atoms with Crippen molar-refractivity contribution in [3.63, 3.8) is 0 Å². The number of hydrogen-bond acceptors (Lipinski definition) is 3. The fourth-order valence-electron chi connectivity index (χ4n) is 3.29. The number of carboxylic acids is 1. The van der Waals surface area contributed by atoms with Crippen molar-refractivity contribution in [1.29, 1.82) is 0 Å². The molecule has 3 rings (SSSR count). The molecule has 1 atom stereocenters. The fraction of sp³-hybridized carbons (Fsp3) is 0.562. The number of benzene rings is 1. The monoisotopic (exact) mass is 275 g/mol. The second-order valence-electron chi connectivity index (χ2n) is 5.77. The molecule has 0 aromatic heterocycles. The van der Waals surface area contributed by atoms with E-state index in [2.05, 4.69) is 23.1 Å². The second kappa shape index (κ2) is 5.94. The molecule has 0 radical (unpaired) electrons. The van der Waals surface area contributed by atoms with Crippen molar-refractivity contribution in [2.75, 3.05) is 19.7 Å². The summed E-state index contributed by atoms with van der Waals surface area (Å²) in [5, 5.41) is 9.17. The van der Waals surface area contributed by atoms with Crippen molar-refractivity contribution in [1.82, 2.24) is 4.90 Å². The van der Waals surface area contributed by atoms with E-state index in [9.17, 15) is 9.90 Å². The van der Waals surface area contributed by atoms with E-state index < -0.39 is 5.97 Å². The van der Waals surface area contributed by atoms with Crippen LogP contribution in [0.3, 0.4) is 0 Å². The lowest BCUT2D eigenvalue weighted by Crippen LogP contribution is -2.38. The van der Waals surface area contributed by atoms with Crippen LogP contribution in [0.4, 0.5) is 0 Å². The molecule has 4 heteroatoms. The van der Waals surface area contributed by atoms with Gasteiger partial charge in [-0.05, 0) is 42.5 Å². The van der Waals surface area contributed by atoms with Crippen LogP contribution in [0.1, 0.15) is 29.5 Å². The lowest BCUT2D eigenvalue weighted by Gasteiger charge is -2.32. The first-order valence-corrected chi connectivity index (χ1v) is 7.36. The van der Waals surface area contributed by atoms with Crippen LogP contribution < -0.4 is 0 Å². The SMILES string of the molecule is O=C(O)[C@H]1CCCN(Cc2cccc3c2CCOC3)C1. The summed E-state index contributed by atoms with van der Waals surface area (Å²) >= 11 is 0. The number of hydrogen-bond donors (Lipinski definition) is 1. The first-order chi connectivity index (χ1) is 9.74. The highest BCUT2D eigenvalue weighted by molar-refractivity contribution is 5.70. The summed E-state index contributed by atoms with van der Waals surface area (Å²) in [6, 6.07) is 6.39. The Kier molecular flexibility index (Phi) is 4.03. The van der Waals surface area contributed by atoms with E-state index in [-0.39, 0.29) is 5.92 Å². The Morgan fingerprint density at radius 3 is 3.20 bits per heavy atom. The fourth-order valence-corrected chi connectivity index (χ4v) is 3.29. The average molecular weight is 275 g/mol. The van der Waals surface area contributed by atoms with Crippen LogP contribution >= 0.6 is 0 Å². The van der Waals surface area contributed by atoms with E-state index in [0.29, 0.717) is 13.2 Å². The molecule has 1 N–H and O–H groups in total. The van der Waals surface area contributed by atoms with E-state index in [0.717, 1.165) is 39.0 Å². The molecule has 0 aliphatic carbocycles. The number of rotatable bonds is 3. The van der Waals surface area contributed by atoms with Crippen molar-refractivity contribution in [2.45, 2.75) is 32.4 Å². The van der Waals surface area contributed by atoms with Crippen molar-refractivity contribution < 1.29 is 14.6 Å². The molecule has 1 aromatic rings. The Hall–Kier alpha value is -1.39. The largest absolute Gasteiger partial charge is 0.481 e. The number of nitrogens with zero attached hydrogens (tertiary/aromatic N) is 1. The summed E-state index contributed by atoms with van der Waals surface area (Å²) < 4.78 is 5.50. The van der Waals surface area contributed by atoms with Crippen LogP contribution in [0, 0.1) is 5.92 Å². The number of piperidine rings is 1. The smallest absolute Gasteiger partial charge is 0.307 e. The van der Waals surface area contributed by atoms with Crippen LogP contribution in [0.15, 0.2) is 18.2 Å². The van der Waals surface area contributed by atoms with Gasteiger partial charge in [0.25, 0.3) is 0 Å². The number of ether oxygens (including phenoxy) is 1. The molecule has 1 saturated heterocycles. The molecule has 0 bridgehead atoms. The van der Waals surface area contributed by atoms with Gasteiger partial charge >= 0.3 is 5.97 Å². The Labute approximate surface area is 119 Å². The van der Waals surface area contributed by atoms with Crippen molar-refractivity contribution in [2.24, 2.45) is 5.92 Å². The van der Waals surface area contributed by atoms with E-state index in [4.69, 9.17) is 4.74 Å². The Balaban J connectivity index is 1.73. The lowest BCUT2D eigenvalue weighted by molar-refractivity contribution is -0.143. The van der Waals surface area contributed by atoms with Gasteiger partial charge in [-0.2, -0.15) is 0 Å². The number of aliphatic carboxylic acids is 1. The highest BCUT2D eigenvalue weighted by Gasteiger charge is 2.26. The predicted molar refractivity (Wildman–Crippen MR) is 75.4 cm³/mol. The quantitative estimate of drug-likeness (QED) is 0.917. The third-order valence-electron chi connectivity index (χ3n) is 4.37. The molecule has 108 valence electrons. The highest BCUT2D eigenvalue weighted by Crippen LogP contribution is 2.24. The molecule has 2 heterocycles. The maximum atomic E-state index is 11.1. The Morgan fingerprint density at radius 1 is 1.45 bits per heavy atom. The minimum absolute atomic E-state index is 0.202. The minimum Gasteiger partial charge on any atom is -0.481 e. The summed E-state index contributed by atoms with van der Waals surface area (Å²) in [5.41, 5.74) is 4.05. The van der Waals surface area contributed by atoms with Gasteiger partial charge in [-0.15, -0.1) is 0 Å². The number of fused-ring (bicyclic) bond motifs is 1. The Bertz CT molecular complexity index is 500. The molecule has 0 unspecified atom stereocenters. The maximum Gasteiger partial charge on any atom is 0.307 e. The molecule has 1 fully saturated rings. The van der Waals surface area contributed by atoms with Crippen LogP contribution in [-0.4, -0.2) is 35.7 Å². The number of carbonyl (C=O) groups is 1. The predicted octanol–water partition coefficient (Wildman–Crippen LogP) is 2.06. The molecule has 0 spiro atoms. The topological polar surface area (TPSA) is 49.8 Å². The summed E-state index contributed by atoms with van der Waals surface area (Å²) in [4.78, 5) is 13.4. The summed E-state index contributed by atoms with van der Waals surface area (Å²) in [7, 11) is 0. The lowest BCUT2D eigenvalue weighted by atomic mass is 9.94. The summed E-state index contributed by atoms with van der Waals surface area (Å²) in [5.74, 6) is -0.857. The molecule has 0 amide bonds. The van der Waals surface area contributed by atoms with Gasteiger partial charge in [0.15, 0.2) is 0 Å². The van der Waals surface area contributed by atoms with E-state index in [1.807, 2.05) is 0 Å². The summed E-state index contributed by atoms with van der Waals surface area (Å²) in [6.45, 7) is 4.05. The van der Waals surface area contributed by atoms with Crippen LogP contribution in [0.25, 0.3) is 0 Å². The molecular formula is C16H21NO3. The van der Waals surface area contributed by atoms with Gasteiger partial charge < -0.3 is 9.84 Å². The Morgan fingerprint density at radius 2 is 2.35 bits per heavy atom. The number of likely N-dealkylation sites (tertiary alicyclic amines) is 1. The zero-order chi connectivity index (χ0) is 13.9. The average Bonchev–Trinajstić information content (AvgIpc) is 2.48. The van der Waals surface area contributed by atoms with Crippen LogP contribution in [0.5, 0.6) is 0 Å². The molecule has 0 saturated carbocycles. The molecule has 2 aliphatic rings. The van der Waals surface area contributed by atoms with Crippen molar-refractivity contribution >= 4 is 5.97 Å². The van der Waals surface area contributed by atoms with Gasteiger partial charge in [0.05, 0.1) is 19.1 Å². The molecule has 2 aliphatic heterocycles. The third-order valence-corrected chi connectivity index (χ3v) is 4.37. The van der Waals surface area contributed by atoms with Crippen molar-refractivity contribution in [3.05, 3.63) is 34.9 Å². The van der Waals surface area contributed by atoms with Crippen LogP contribution in [0.2, 0.25) is 0 Å². The van der Waals surface area contributed by atoms with Gasteiger partial charge in [0.2, 0.25) is 0 Å². The van der Waals surface area contributed by atoms with Gasteiger partial charge in [0.1, 0.15) is 0 Å². The zero-order valence-electron chi connectivity index (χ0n) is 11.7. The van der Waals surface area contributed by atoms with Crippen LogP contribution in [-0.2, 0) is 29.1 Å². The standard InChI is InChI=1S/C16H21NO3/c18-16(19)13-5-2-7-17(10-13)9-12-3-1-4-14-11-20-8-6-15(12)14/h1,3-4,13H,2,5-11H2,(H,18,19)/t13-/m0/s1. The first-order valence-electron chi connectivity index (χ1n) is 7.36. The van der Waals surface area contributed by atoms with E-state index in [1.165, 1.54) is 16.7 Å². The van der Waals surface area contributed by atoms with Gasteiger partial charge in [0, 0.05) is 13.1 Å². The minimum atomic E-state index is -0.654. The summed E-state index contributed by atoms with van der Waals surface area (Å²) in [6.07, 6.45) is 2.77. The van der Waals surface area contributed by atoms with Gasteiger partial charge in [-0.25, -0.2) is 0 Å². The third kappa shape index (κ3) is 2.86. The maximum absolute atomic E-state index is 11.1.